The molecule has 3 aromatic rings. The number of ether oxygens (including phenoxy) is 2. The van der Waals surface area contributed by atoms with E-state index in [1.807, 2.05) is 6.92 Å². The van der Waals surface area contributed by atoms with Crippen LogP contribution in [0.1, 0.15) is 36.3 Å². The Morgan fingerprint density at radius 1 is 1.06 bits per heavy atom. The number of benzene rings is 2. The zero-order valence-corrected chi connectivity index (χ0v) is 18.5. The van der Waals surface area contributed by atoms with E-state index < -0.39 is 17.7 Å². The van der Waals surface area contributed by atoms with Gasteiger partial charge in [-0.1, -0.05) is 31.2 Å². The Hall–Kier alpha value is -4.00. The summed E-state index contributed by atoms with van der Waals surface area (Å²) in [5.74, 6) is 0.0459. The molecule has 1 N–H and O–H groups in total. The van der Waals surface area contributed by atoms with Crippen molar-refractivity contribution >= 4 is 17.4 Å². The van der Waals surface area contributed by atoms with Crippen molar-refractivity contribution in [3.8, 4) is 11.5 Å². The van der Waals surface area contributed by atoms with Crippen LogP contribution in [0.3, 0.4) is 0 Å². The van der Waals surface area contributed by atoms with Crippen LogP contribution in [-0.4, -0.2) is 35.4 Å². The van der Waals surface area contributed by atoms with Gasteiger partial charge in [0.05, 0.1) is 38.1 Å². The number of carbonyl (C=O) groups is 2. The summed E-state index contributed by atoms with van der Waals surface area (Å²) >= 11 is 0. The summed E-state index contributed by atoms with van der Waals surface area (Å²) in [5.41, 5.74) is 1.09. The van der Waals surface area contributed by atoms with E-state index in [0.29, 0.717) is 35.0 Å². The van der Waals surface area contributed by atoms with Crippen LogP contribution in [0.5, 0.6) is 11.5 Å². The van der Waals surface area contributed by atoms with Gasteiger partial charge in [0.1, 0.15) is 23.0 Å². The Morgan fingerprint density at radius 3 is 2.52 bits per heavy atom. The average Bonchev–Trinajstić information content (AvgIpc) is 3.45. The first-order valence-electron chi connectivity index (χ1n) is 10.7. The lowest BCUT2D eigenvalue weighted by Crippen LogP contribution is -2.29. The van der Waals surface area contributed by atoms with E-state index in [2.05, 4.69) is 0 Å². The molecule has 1 fully saturated rings. The van der Waals surface area contributed by atoms with Crippen molar-refractivity contribution in [1.29, 1.82) is 0 Å². The van der Waals surface area contributed by atoms with Gasteiger partial charge in [-0.3, -0.25) is 9.59 Å². The topological polar surface area (TPSA) is 89.2 Å². The molecule has 4 rings (SSSR count). The number of hydrogen-bond acceptors (Lipinski definition) is 6. The fourth-order valence-electron chi connectivity index (χ4n) is 3.85. The second-order valence-electron chi connectivity index (χ2n) is 7.66. The first-order valence-corrected chi connectivity index (χ1v) is 10.7. The van der Waals surface area contributed by atoms with Crippen molar-refractivity contribution in [1.82, 2.24) is 4.90 Å². The van der Waals surface area contributed by atoms with Crippen molar-refractivity contribution in [2.45, 2.75) is 25.9 Å². The van der Waals surface area contributed by atoms with Crippen molar-refractivity contribution in [2.75, 3.05) is 13.7 Å². The van der Waals surface area contributed by atoms with Crippen molar-refractivity contribution in [3.05, 3.63) is 89.4 Å². The highest BCUT2D eigenvalue weighted by Gasteiger charge is 2.46. The van der Waals surface area contributed by atoms with Crippen LogP contribution in [-0.2, 0) is 16.1 Å². The summed E-state index contributed by atoms with van der Waals surface area (Å²) in [6.45, 7) is 2.62. The zero-order chi connectivity index (χ0) is 23.4. The molecule has 0 spiro atoms. The maximum atomic E-state index is 13.1. The number of Topliss-reactive ketones (excluding diaryl/α,β-unsaturated/α-hetero) is 1. The molecule has 170 valence electrons. The smallest absolute Gasteiger partial charge is 0.296 e. The maximum Gasteiger partial charge on any atom is 0.296 e. The van der Waals surface area contributed by atoms with Crippen LogP contribution in [0, 0.1) is 0 Å². The molecular weight excluding hydrogens is 422 g/mol. The van der Waals surface area contributed by atoms with E-state index in [1.54, 1.807) is 67.8 Å². The number of nitrogens with zero attached hydrogens (tertiary/aromatic N) is 1. The molecule has 2 aromatic carbocycles. The summed E-state index contributed by atoms with van der Waals surface area (Å²) in [4.78, 5) is 27.6. The van der Waals surface area contributed by atoms with Crippen molar-refractivity contribution < 1.29 is 28.6 Å². The summed E-state index contributed by atoms with van der Waals surface area (Å²) in [6, 6.07) is 16.6. The fraction of sp³-hybridized carbons (Fsp3) is 0.231. The van der Waals surface area contributed by atoms with Gasteiger partial charge in [-0.2, -0.15) is 0 Å². The van der Waals surface area contributed by atoms with Crippen LogP contribution in [0.25, 0.3) is 5.76 Å². The maximum absolute atomic E-state index is 13.1. The number of methoxy groups -OCH3 is 1. The molecule has 7 heteroatoms. The highest BCUT2D eigenvalue weighted by Crippen LogP contribution is 2.41. The highest BCUT2D eigenvalue weighted by molar-refractivity contribution is 6.46. The zero-order valence-electron chi connectivity index (χ0n) is 18.5. The first-order chi connectivity index (χ1) is 16.0. The first kappa shape index (κ1) is 22.2. The fourth-order valence-corrected chi connectivity index (χ4v) is 3.85. The SMILES string of the molecule is CCCOc1cccc(/C(O)=C2/C(=O)C(=O)N(Cc3ccco3)C2c2ccc(OC)cc2)c1. The Kier molecular flexibility index (Phi) is 6.49. The van der Waals surface area contributed by atoms with E-state index in [4.69, 9.17) is 13.9 Å². The number of carbonyl (C=O) groups excluding carboxylic acids is 2. The third-order valence-corrected chi connectivity index (χ3v) is 5.46. The van der Waals surface area contributed by atoms with Crippen molar-refractivity contribution in [2.24, 2.45) is 0 Å². The monoisotopic (exact) mass is 447 g/mol. The molecule has 0 radical (unpaired) electrons. The summed E-state index contributed by atoms with van der Waals surface area (Å²) in [7, 11) is 1.56. The Bertz CT molecular complexity index is 1160. The molecule has 33 heavy (non-hydrogen) atoms. The largest absolute Gasteiger partial charge is 0.507 e. The molecule has 0 bridgehead atoms. The Balaban J connectivity index is 1.81. The molecule has 1 aliphatic rings. The molecule has 1 unspecified atom stereocenters. The normalized spacial score (nSPS) is 17.4. The molecule has 0 aliphatic carbocycles. The van der Waals surface area contributed by atoms with E-state index in [0.717, 1.165) is 6.42 Å². The minimum Gasteiger partial charge on any atom is -0.507 e. The number of rotatable bonds is 8. The van der Waals surface area contributed by atoms with Crippen LogP contribution in [0.4, 0.5) is 0 Å². The van der Waals surface area contributed by atoms with Crippen LogP contribution in [0.15, 0.2) is 76.9 Å². The lowest BCUT2D eigenvalue weighted by atomic mass is 9.95. The van der Waals surface area contributed by atoms with E-state index in [-0.39, 0.29) is 17.9 Å². The second kappa shape index (κ2) is 9.65. The minimum absolute atomic E-state index is 0.0179. The van der Waals surface area contributed by atoms with Gasteiger partial charge in [0.15, 0.2) is 0 Å². The Morgan fingerprint density at radius 2 is 1.85 bits per heavy atom. The lowest BCUT2D eigenvalue weighted by molar-refractivity contribution is -0.140. The number of hydrogen-bond donors (Lipinski definition) is 1. The Labute approximate surface area is 191 Å². The quantitative estimate of drug-likeness (QED) is 0.306. The van der Waals surface area contributed by atoms with Gasteiger partial charge < -0.3 is 23.9 Å². The van der Waals surface area contributed by atoms with Gasteiger partial charge in [0.25, 0.3) is 11.7 Å². The predicted octanol–water partition coefficient (Wildman–Crippen LogP) is 4.70. The van der Waals surface area contributed by atoms with Crippen molar-refractivity contribution in [3.63, 3.8) is 0 Å². The molecule has 1 aromatic heterocycles. The van der Waals surface area contributed by atoms with Gasteiger partial charge in [-0.25, -0.2) is 0 Å². The van der Waals surface area contributed by atoms with Crippen LogP contribution < -0.4 is 9.47 Å². The minimum atomic E-state index is -0.791. The number of aliphatic hydroxyl groups is 1. The van der Waals surface area contributed by atoms with E-state index >= 15 is 0 Å². The number of likely N-dealkylation sites (tertiary alicyclic amines) is 1. The molecule has 2 heterocycles. The molecule has 1 atom stereocenters. The van der Waals surface area contributed by atoms with Gasteiger partial charge >= 0.3 is 0 Å². The molecule has 7 nitrogen and oxygen atoms in total. The molecular formula is C26H25NO6. The van der Waals surface area contributed by atoms with Crippen LogP contribution in [0.2, 0.25) is 0 Å². The highest BCUT2D eigenvalue weighted by atomic mass is 16.5. The average molecular weight is 447 g/mol. The lowest BCUT2D eigenvalue weighted by Gasteiger charge is -2.24. The third-order valence-electron chi connectivity index (χ3n) is 5.46. The van der Waals surface area contributed by atoms with Gasteiger partial charge in [0.2, 0.25) is 0 Å². The molecule has 1 aliphatic heterocycles. The van der Waals surface area contributed by atoms with Crippen LogP contribution >= 0.6 is 0 Å². The summed E-state index contributed by atoms with van der Waals surface area (Å²) in [6.07, 6.45) is 2.35. The van der Waals surface area contributed by atoms with Gasteiger partial charge in [0, 0.05) is 5.56 Å². The number of aliphatic hydroxyl groups excluding tert-OH is 1. The number of amides is 1. The predicted molar refractivity (Wildman–Crippen MR) is 122 cm³/mol. The second-order valence-corrected chi connectivity index (χ2v) is 7.66. The van der Waals surface area contributed by atoms with Gasteiger partial charge in [-0.05, 0) is 48.4 Å². The van der Waals surface area contributed by atoms with E-state index in [9.17, 15) is 14.7 Å². The summed E-state index contributed by atoms with van der Waals surface area (Å²) < 4.78 is 16.3. The number of furan rings is 1. The van der Waals surface area contributed by atoms with Gasteiger partial charge in [-0.15, -0.1) is 0 Å². The molecule has 1 saturated heterocycles. The molecule has 1 amide bonds. The third kappa shape index (κ3) is 4.48. The van der Waals surface area contributed by atoms with E-state index in [1.165, 1.54) is 11.2 Å². The number of ketones is 1. The molecule has 0 saturated carbocycles. The standard InChI is InChI=1S/C26H25NO6/c1-3-13-32-20-7-4-6-18(15-20)24(28)22-23(17-9-11-19(31-2)12-10-17)27(26(30)25(22)29)16-21-8-5-14-33-21/h4-12,14-15,23,28H,3,13,16H2,1-2H3/b24-22-. The summed E-state index contributed by atoms with van der Waals surface area (Å²) in [5, 5.41) is 11.2.